The number of carbonyl (C=O) groups excluding carboxylic acids is 1. The second kappa shape index (κ2) is 7.13. The highest BCUT2D eigenvalue weighted by Gasteiger charge is 2.11. The standard InChI is InChI=1S/C14H16N2O2/c1-3-9-18-14(17)12(10-15)11-16(2)13-7-5-4-6-8-13/h4-8,11H,3,9H2,1-2H3/b12-11+. The van der Waals surface area contributed by atoms with Crippen LogP contribution in [0.2, 0.25) is 0 Å². The van der Waals surface area contributed by atoms with Gasteiger partial charge in [0.15, 0.2) is 5.57 Å². The van der Waals surface area contributed by atoms with Gasteiger partial charge in [-0.3, -0.25) is 0 Å². The number of nitrogens with zero attached hydrogens (tertiary/aromatic N) is 2. The minimum absolute atomic E-state index is 0.00481. The predicted molar refractivity (Wildman–Crippen MR) is 69.8 cm³/mol. The lowest BCUT2D eigenvalue weighted by molar-refractivity contribution is -0.138. The van der Waals surface area contributed by atoms with E-state index in [0.717, 1.165) is 12.1 Å². The number of esters is 1. The Bertz CT molecular complexity index is 460. The summed E-state index contributed by atoms with van der Waals surface area (Å²) in [6, 6.07) is 11.3. The minimum Gasteiger partial charge on any atom is -0.462 e. The first-order valence-electron chi connectivity index (χ1n) is 5.76. The van der Waals surface area contributed by atoms with Gasteiger partial charge in [-0.1, -0.05) is 25.1 Å². The molecule has 0 spiro atoms. The zero-order valence-corrected chi connectivity index (χ0v) is 10.6. The summed E-state index contributed by atoms with van der Waals surface area (Å²) in [7, 11) is 1.78. The number of ether oxygens (including phenoxy) is 1. The minimum atomic E-state index is -0.581. The molecule has 0 unspecified atom stereocenters. The van der Waals surface area contributed by atoms with Gasteiger partial charge in [-0.25, -0.2) is 4.79 Å². The lowest BCUT2D eigenvalue weighted by Gasteiger charge is -2.14. The van der Waals surface area contributed by atoms with Gasteiger partial charge in [0.05, 0.1) is 6.61 Å². The maximum Gasteiger partial charge on any atom is 0.350 e. The summed E-state index contributed by atoms with van der Waals surface area (Å²) in [5, 5.41) is 8.95. The lowest BCUT2D eigenvalue weighted by atomic mass is 10.2. The number of hydrogen-bond donors (Lipinski definition) is 0. The highest BCUT2D eigenvalue weighted by atomic mass is 16.5. The van der Waals surface area contributed by atoms with Crippen molar-refractivity contribution in [2.45, 2.75) is 13.3 Å². The van der Waals surface area contributed by atoms with Gasteiger partial charge in [0, 0.05) is 18.9 Å². The molecular formula is C14H16N2O2. The third-order valence-corrected chi connectivity index (χ3v) is 2.26. The summed E-state index contributed by atoms with van der Waals surface area (Å²) in [5.74, 6) is -0.581. The molecule has 0 aromatic heterocycles. The van der Waals surface area contributed by atoms with E-state index in [0.29, 0.717) is 6.61 Å². The highest BCUT2D eigenvalue weighted by Crippen LogP contribution is 2.12. The molecule has 94 valence electrons. The van der Waals surface area contributed by atoms with E-state index in [1.54, 1.807) is 11.9 Å². The van der Waals surface area contributed by atoms with Crippen molar-refractivity contribution >= 4 is 11.7 Å². The fraction of sp³-hybridized carbons (Fsp3) is 0.286. The summed E-state index contributed by atoms with van der Waals surface area (Å²) in [6.07, 6.45) is 2.21. The van der Waals surface area contributed by atoms with Gasteiger partial charge in [0.2, 0.25) is 0 Å². The van der Waals surface area contributed by atoms with E-state index in [1.165, 1.54) is 6.20 Å². The lowest BCUT2D eigenvalue weighted by Crippen LogP contribution is -2.14. The summed E-state index contributed by atoms with van der Waals surface area (Å²) < 4.78 is 4.92. The number of benzene rings is 1. The van der Waals surface area contributed by atoms with Crippen LogP contribution < -0.4 is 4.90 Å². The van der Waals surface area contributed by atoms with Crippen LogP contribution >= 0.6 is 0 Å². The molecule has 4 heteroatoms. The van der Waals surface area contributed by atoms with E-state index in [-0.39, 0.29) is 5.57 Å². The molecule has 0 amide bonds. The maximum absolute atomic E-state index is 11.6. The molecule has 1 aromatic rings. The van der Waals surface area contributed by atoms with E-state index in [9.17, 15) is 4.79 Å². The Morgan fingerprint density at radius 3 is 2.67 bits per heavy atom. The van der Waals surface area contributed by atoms with Crippen LogP contribution in [0.25, 0.3) is 0 Å². The summed E-state index contributed by atoms with van der Waals surface area (Å²) in [5.41, 5.74) is 0.892. The predicted octanol–water partition coefficient (Wildman–Crippen LogP) is 2.48. The molecule has 0 aliphatic carbocycles. The number of anilines is 1. The third kappa shape index (κ3) is 3.95. The van der Waals surface area contributed by atoms with Crippen LogP contribution in [0, 0.1) is 11.3 Å². The average molecular weight is 244 g/mol. The topological polar surface area (TPSA) is 53.3 Å². The van der Waals surface area contributed by atoms with Crippen molar-refractivity contribution in [3.63, 3.8) is 0 Å². The van der Waals surface area contributed by atoms with E-state index in [4.69, 9.17) is 10.00 Å². The Kier molecular flexibility index (Phi) is 5.46. The molecule has 1 rings (SSSR count). The Hall–Kier alpha value is -2.28. The molecule has 0 radical (unpaired) electrons. The summed E-state index contributed by atoms with van der Waals surface area (Å²) in [6.45, 7) is 2.23. The molecule has 0 bridgehead atoms. The number of rotatable bonds is 5. The fourth-order valence-electron chi connectivity index (χ4n) is 1.33. The van der Waals surface area contributed by atoms with Crippen LogP contribution in [-0.2, 0) is 9.53 Å². The van der Waals surface area contributed by atoms with Crippen LogP contribution in [0.5, 0.6) is 0 Å². The van der Waals surface area contributed by atoms with Crippen molar-refractivity contribution in [1.29, 1.82) is 5.26 Å². The molecule has 0 saturated carbocycles. The normalized spacial score (nSPS) is 10.6. The van der Waals surface area contributed by atoms with Crippen molar-refractivity contribution in [3.05, 3.63) is 42.1 Å². The van der Waals surface area contributed by atoms with E-state index < -0.39 is 5.97 Å². The van der Waals surface area contributed by atoms with Crippen molar-refractivity contribution in [2.75, 3.05) is 18.6 Å². The number of nitriles is 1. The van der Waals surface area contributed by atoms with Gasteiger partial charge in [-0.05, 0) is 18.6 Å². The Morgan fingerprint density at radius 1 is 1.44 bits per heavy atom. The first kappa shape index (κ1) is 13.8. The molecule has 0 aliphatic heterocycles. The number of hydrogen-bond acceptors (Lipinski definition) is 4. The molecule has 4 nitrogen and oxygen atoms in total. The van der Waals surface area contributed by atoms with E-state index >= 15 is 0 Å². The van der Waals surface area contributed by atoms with Gasteiger partial charge in [-0.2, -0.15) is 5.26 Å². The van der Waals surface area contributed by atoms with Gasteiger partial charge in [-0.15, -0.1) is 0 Å². The van der Waals surface area contributed by atoms with Crippen LogP contribution in [0.4, 0.5) is 5.69 Å². The maximum atomic E-state index is 11.6. The van der Waals surface area contributed by atoms with E-state index in [1.807, 2.05) is 43.3 Å². The van der Waals surface area contributed by atoms with Crippen molar-refractivity contribution in [3.8, 4) is 6.07 Å². The molecule has 0 N–H and O–H groups in total. The van der Waals surface area contributed by atoms with Gasteiger partial charge >= 0.3 is 5.97 Å². The molecule has 0 aliphatic rings. The van der Waals surface area contributed by atoms with Gasteiger partial charge < -0.3 is 9.64 Å². The quantitative estimate of drug-likeness (QED) is 0.453. The van der Waals surface area contributed by atoms with Gasteiger partial charge in [0.25, 0.3) is 0 Å². The number of para-hydroxylation sites is 1. The van der Waals surface area contributed by atoms with E-state index in [2.05, 4.69) is 0 Å². The van der Waals surface area contributed by atoms with Crippen molar-refractivity contribution in [2.24, 2.45) is 0 Å². The Labute approximate surface area is 107 Å². The smallest absolute Gasteiger partial charge is 0.350 e. The summed E-state index contributed by atoms with van der Waals surface area (Å²) >= 11 is 0. The molecule has 0 fully saturated rings. The third-order valence-electron chi connectivity index (χ3n) is 2.26. The molecular weight excluding hydrogens is 228 g/mol. The monoisotopic (exact) mass is 244 g/mol. The first-order chi connectivity index (χ1) is 8.69. The van der Waals surface area contributed by atoms with Crippen LogP contribution in [0.15, 0.2) is 42.1 Å². The van der Waals surface area contributed by atoms with Crippen LogP contribution in [0.1, 0.15) is 13.3 Å². The van der Waals surface area contributed by atoms with Crippen molar-refractivity contribution < 1.29 is 9.53 Å². The van der Waals surface area contributed by atoms with Crippen LogP contribution in [0.3, 0.4) is 0 Å². The van der Waals surface area contributed by atoms with Crippen molar-refractivity contribution in [1.82, 2.24) is 0 Å². The highest BCUT2D eigenvalue weighted by molar-refractivity contribution is 5.93. The second-order valence-corrected chi connectivity index (χ2v) is 3.74. The second-order valence-electron chi connectivity index (χ2n) is 3.74. The molecule has 0 heterocycles. The largest absolute Gasteiger partial charge is 0.462 e. The number of carbonyl (C=O) groups is 1. The Morgan fingerprint density at radius 2 is 2.11 bits per heavy atom. The van der Waals surface area contributed by atoms with Gasteiger partial charge in [0.1, 0.15) is 6.07 Å². The molecule has 18 heavy (non-hydrogen) atoms. The first-order valence-corrected chi connectivity index (χ1v) is 5.76. The molecule has 0 atom stereocenters. The molecule has 0 saturated heterocycles. The Balaban J connectivity index is 2.79. The average Bonchev–Trinajstić information content (AvgIpc) is 2.42. The SMILES string of the molecule is CCCOC(=O)/C(C#N)=C/N(C)c1ccccc1. The summed E-state index contributed by atoms with van der Waals surface area (Å²) in [4.78, 5) is 13.3. The van der Waals surface area contributed by atoms with Crippen LogP contribution in [-0.4, -0.2) is 19.6 Å². The fourth-order valence-corrected chi connectivity index (χ4v) is 1.33. The zero-order valence-electron chi connectivity index (χ0n) is 10.6. The zero-order chi connectivity index (χ0) is 13.4. The molecule has 1 aromatic carbocycles.